The van der Waals surface area contributed by atoms with Gasteiger partial charge in [0.15, 0.2) is 5.82 Å². The molecule has 0 aliphatic heterocycles. The Hall–Kier alpha value is -3.97. The van der Waals surface area contributed by atoms with Crippen molar-refractivity contribution in [1.29, 1.82) is 0 Å². The molecule has 3 aromatic heterocycles. The first-order chi connectivity index (χ1) is 16.0. The molecule has 0 fully saturated rings. The van der Waals surface area contributed by atoms with Gasteiger partial charge < -0.3 is 15.5 Å². The number of carbonyl (C=O) groups is 2. The van der Waals surface area contributed by atoms with E-state index in [1.165, 1.54) is 36.8 Å². The molecule has 0 aliphatic rings. The Balaban J connectivity index is 0.000000440. The highest BCUT2D eigenvalue weighted by atomic mass is 32.2. The van der Waals surface area contributed by atoms with Crippen LogP contribution in [0.3, 0.4) is 0 Å². The van der Waals surface area contributed by atoms with E-state index in [0.29, 0.717) is 17.7 Å². The van der Waals surface area contributed by atoms with Gasteiger partial charge in [-0.05, 0) is 37.7 Å². The van der Waals surface area contributed by atoms with Crippen LogP contribution in [-0.2, 0) is 26.2 Å². The lowest BCUT2D eigenvalue weighted by molar-refractivity contribution is -0.134. The number of carboxylic acids is 2. The lowest BCUT2D eigenvalue weighted by Crippen LogP contribution is -2.14. The van der Waals surface area contributed by atoms with Crippen molar-refractivity contribution in [2.24, 2.45) is 0 Å². The first kappa shape index (κ1) is 26.3. The number of carboxylic acid groups (broad SMARTS) is 2. The second-order valence-electron chi connectivity index (χ2n) is 6.70. The van der Waals surface area contributed by atoms with Crippen LogP contribution in [-0.4, -0.2) is 51.6 Å². The van der Waals surface area contributed by atoms with Crippen molar-refractivity contribution in [3.8, 4) is 11.3 Å². The molecule has 180 valence electrons. The largest absolute Gasteiger partial charge is 0.478 e. The monoisotopic (exact) mass is 494 g/mol. The molecule has 0 saturated carbocycles. The topological polar surface area (TPSA) is 151 Å². The van der Waals surface area contributed by atoms with E-state index in [-0.39, 0.29) is 22.6 Å². The van der Waals surface area contributed by atoms with Crippen molar-refractivity contribution in [2.75, 3.05) is 7.05 Å². The van der Waals surface area contributed by atoms with Crippen molar-refractivity contribution in [1.82, 2.24) is 19.3 Å². The standard InChI is InChI=1S/C17H16F2N4O2S.C4H4O4/c1-11-6-13(9-21-7-11)26(24,25)23-10-12(8-20-2)15(18)16(23)14-4-3-5-22-17(14)19;5-3(6)1-2-4(7)8/h3-7,9-10,20H,8H2,1-2H3;1-2H,(H,5,6)(H,7,8)/b;2-1+. The minimum Gasteiger partial charge on any atom is -0.478 e. The van der Waals surface area contributed by atoms with Gasteiger partial charge in [-0.2, -0.15) is 4.39 Å². The van der Waals surface area contributed by atoms with E-state index in [1.807, 2.05) is 0 Å². The van der Waals surface area contributed by atoms with Gasteiger partial charge in [-0.1, -0.05) is 0 Å². The summed E-state index contributed by atoms with van der Waals surface area (Å²) in [5, 5.41) is 18.4. The van der Waals surface area contributed by atoms with E-state index < -0.39 is 39.4 Å². The third kappa shape index (κ3) is 6.30. The molecule has 34 heavy (non-hydrogen) atoms. The SMILES string of the molecule is CNCc1cn(S(=O)(=O)c2cncc(C)c2)c(-c2cccnc2F)c1F.O=C(O)/C=C/C(=O)O. The fraction of sp³-hybridized carbons (Fsp3) is 0.143. The van der Waals surface area contributed by atoms with Gasteiger partial charge in [0.2, 0.25) is 5.95 Å². The number of hydrogen-bond acceptors (Lipinski definition) is 7. The zero-order valence-electron chi connectivity index (χ0n) is 17.9. The second kappa shape index (κ2) is 11.2. The van der Waals surface area contributed by atoms with Crippen LogP contribution >= 0.6 is 0 Å². The minimum absolute atomic E-state index is 0.0787. The molecule has 3 heterocycles. The van der Waals surface area contributed by atoms with Crippen molar-refractivity contribution in [3.63, 3.8) is 0 Å². The molecule has 0 saturated heterocycles. The van der Waals surface area contributed by atoms with Crippen molar-refractivity contribution in [3.05, 3.63) is 78.0 Å². The molecule has 0 spiro atoms. The molecule has 0 unspecified atom stereocenters. The van der Waals surface area contributed by atoms with Crippen LogP contribution in [0, 0.1) is 18.7 Å². The molecule has 3 aromatic rings. The molecule has 0 atom stereocenters. The zero-order valence-corrected chi connectivity index (χ0v) is 18.8. The van der Waals surface area contributed by atoms with Crippen LogP contribution in [0.25, 0.3) is 11.3 Å². The molecule has 0 bridgehead atoms. The van der Waals surface area contributed by atoms with Crippen molar-refractivity contribution in [2.45, 2.75) is 18.4 Å². The van der Waals surface area contributed by atoms with E-state index in [4.69, 9.17) is 10.2 Å². The van der Waals surface area contributed by atoms with Crippen LogP contribution in [0.2, 0.25) is 0 Å². The normalized spacial score (nSPS) is 11.2. The third-order valence-corrected chi connectivity index (χ3v) is 5.76. The highest BCUT2D eigenvalue weighted by molar-refractivity contribution is 7.90. The third-order valence-electron chi connectivity index (χ3n) is 4.14. The number of nitrogens with one attached hydrogen (secondary N) is 1. The average Bonchev–Trinajstić information content (AvgIpc) is 3.10. The predicted molar refractivity (Wildman–Crippen MR) is 116 cm³/mol. The van der Waals surface area contributed by atoms with E-state index >= 15 is 0 Å². The summed E-state index contributed by atoms with van der Waals surface area (Å²) in [4.78, 5) is 26.4. The van der Waals surface area contributed by atoms with Crippen LogP contribution in [0.1, 0.15) is 11.1 Å². The number of rotatable bonds is 7. The number of aromatic nitrogens is 3. The molecule has 0 aliphatic carbocycles. The van der Waals surface area contributed by atoms with E-state index in [9.17, 15) is 26.8 Å². The van der Waals surface area contributed by atoms with Crippen LogP contribution in [0.4, 0.5) is 8.78 Å². The predicted octanol–water partition coefficient (Wildman–Crippen LogP) is 2.20. The summed E-state index contributed by atoms with van der Waals surface area (Å²) in [5.74, 6) is -4.30. The quantitative estimate of drug-likeness (QED) is 0.332. The molecule has 3 N–H and O–H groups in total. The molecule has 0 aromatic carbocycles. The van der Waals surface area contributed by atoms with Gasteiger partial charge >= 0.3 is 11.9 Å². The maximum Gasteiger partial charge on any atom is 0.328 e. The Bertz CT molecular complexity index is 1320. The Labute approximate surface area is 193 Å². The first-order valence-electron chi connectivity index (χ1n) is 9.45. The number of aliphatic carboxylic acids is 2. The lowest BCUT2D eigenvalue weighted by Gasteiger charge is -2.11. The minimum atomic E-state index is -4.19. The number of halogens is 2. The molecule has 10 nitrogen and oxygen atoms in total. The van der Waals surface area contributed by atoms with Crippen LogP contribution in [0.5, 0.6) is 0 Å². The van der Waals surface area contributed by atoms with Gasteiger partial charge in [0.1, 0.15) is 10.6 Å². The maximum atomic E-state index is 14.9. The van der Waals surface area contributed by atoms with E-state index in [2.05, 4.69) is 15.3 Å². The highest BCUT2D eigenvalue weighted by Gasteiger charge is 2.28. The van der Waals surface area contributed by atoms with E-state index in [0.717, 1.165) is 10.2 Å². The fourth-order valence-electron chi connectivity index (χ4n) is 2.74. The fourth-order valence-corrected chi connectivity index (χ4v) is 4.18. The van der Waals surface area contributed by atoms with E-state index in [1.54, 1.807) is 14.0 Å². The summed E-state index contributed by atoms with van der Waals surface area (Å²) in [6.45, 7) is 1.77. The van der Waals surface area contributed by atoms with Gasteiger partial charge in [0.05, 0.1) is 5.56 Å². The van der Waals surface area contributed by atoms with Gasteiger partial charge in [0, 0.05) is 49.0 Å². The summed E-state index contributed by atoms with van der Waals surface area (Å²) in [6, 6.07) is 4.11. The van der Waals surface area contributed by atoms with Crippen molar-refractivity contribution >= 4 is 22.0 Å². The average molecular weight is 494 g/mol. The van der Waals surface area contributed by atoms with Crippen molar-refractivity contribution < 1.29 is 37.0 Å². The van der Waals surface area contributed by atoms with Gasteiger partial charge in [0.25, 0.3) is 10.0 Å². The van der Waals surface area contributed by atoms with Gasteiger partial charge in [-0.3, -0.25) is 4.98 Å². The Morgan fingerprint density at radius 1 is 1.18 bits per heavy atom. The summed E-state index contributed by atoms with van der Waals surface area (Å²) in [5.41, 5.74) is 0.0806. The molecular weight excluding hydrogens is 474 g/mol. The zero-order chi connectivity index (χ0) is 25.5. The molecule has 0 amide bonds. The van der Waals surface area contributed by atoms with Gasteiger partial charge in [-0.15, -0.1) is 0 Å². The summed E-state index contributed by atoms with van der Waals surface area (Å²) in [7, 11) is -2.59. The molecule has 0 radical (unpaired) electrons. The number of aryl methyl sites for hydroxylation is 1. The lowest BCUT2D eigenvalue weighted by atomic mass is 10.2. The number of nitrogens with zero attached hydrogens (tertiary/aromatic N) is 3. The van der Waals surface area contributed by atoms with Crippen LogP contribution in [0.15, 0.2) is 60.0 Å². The second-order valence-corrected chi connectivity index (χ2v) is 8.51. The Morgan fingerprint density at radius 3 is 2.35 bits per heavy atom. The summed E-state index contributed by atoms with van der Waals surface area (Å²) < 4.78 is 56.0. The smallest absolute Gasteiger partial charge is 0.328 e. The Morgan fingerprint density at radius 2 is 1.82 bits per heavy atom. The number of pyridine rings is 2. The molecular formula is C21H20F2N4O6S. The molecule has 3 rings (SSSR count). The summed E-state index contributed by atoms with van der Waals surface area (Å²) >= 11 is 0. The highest BCUT2D eigenvalue weighted by Crippen LogP contribution is 2.31. The summed E-state index contributed by atoms with van der Waals surface area (Å²) in [6.07, 6.45) is 6.14. The first-order valence-corrected chi connectivity index (χ1v) is 10.9. The van der Waals surface area contributed by atoms with Crippen LogP contribution < -0.4 is 5.32 Å². The maximum absolute atomic E-state index is 14.9. The molecule has 13 heteroatoms. The Kier molecular flexibility index (Phi) is 8.70. The van der Waals surface area contributed by atoms with Gasteiger partial charge in [-0.25, -0.2) is 31.4 Å². The number of hydrogen-bond donors (Lipinski definition) is 3.